The van der Waals surface area contributed by atoms with Gasteiger partial charge in [0, 0.05) is 32.1 Å². The van der Waals surface area contributed by atoms with Gasteiger partial charge in [-0.15, -0.1) is 0 Å². The van der Waals surface area contributed by atoms with E-state index < -0.39 is 0 Å². The predicted molar refractivity (Wildman–Crippen MR) is 71.8 cm³/mol. The zero-order valence-electron chi connectivity index (χ0n) is 8.15. The minimum Gasteiger partial charge on any atom is -0.289 e. The third-order valence-electron chi connectivity index (χ3n) is 2.05. The van der Waals surface area contributed by atoms with Crippen molar-refractivity contribution >= 4 is 40.0 Å². The molecule has 1 aromatic heterocycles. The molecule has 0 fully saturated rings. The Morgan fingerprint density at radius 1 is 1.25 bits per heavy atom. The van der Waals surface area contributed by atoms with Gasteiger partial charge < -0.3 is 0 Å². The fraction of sp³-hybridized carbons (Fsp3) is 0. The van der Waals surface area contributed by atoms with Crippen LogP contribution >= 0.6 is 34.2 Å². The SMILES string of the molecule is O=C(c1cccnc1)c1cc(Cl)cc(I)c1. The Bertz CT molecular complexity index is 508. The van der Waals surface area contributed by atoms with E-state index >= 15 is 0 Å². The van der Waals surface area contributed by atoms with E-state index in [-0.39, 0.29) is 5.78 Å². The lowest BCUT2D eigenvalue weighted by Crippen LogP contribution is -2.01. The summed E-state index contributed by atoms with van der Waals surface area (Å²) in [4.78, 5) is 16.0. The number of aromatic nitrogens is 1. The van der Waals surface area contributed by atoms with Crippen molar-refractivity contribution in [1.82, 2.24) is 4.98 Å². The van der Waals surface area contributed by atoms with Crippen molar-refractivity contribution in [3.05, 3.63) is 62.4 Å². The number of rotatable bonds is 2. The molecule has 0 aliphatic heterocycles. The number of hydrogen-bond acceptors (Lipinski definition) is 2. The largest absolute Gasteiger partial charge is 0.289 e. The molecular weight excluding hydrogens is 336 g/mol. The molecule has 2 aromatic rings. The maximum atomic E-state index is 12.0. The Hall–Kier alpha value is -0.940. The molecule has 2 rings (SSSR count). The van der Waals surface area contributed by atoms with Crippen LogP contribution in [0.2, 0.25) is 5.02 Å². The highest BCUT2D eigenvalue weighted by atomic mass is 127. The Balaban J connectivity index is 2.42. The first-order valence-corrected chi connectivity index (χ1v) is 6.03. The van der Waals surface area contributed by atoms with Crippen LogP contribution in [0.3, 0.4) is 0 Å². The minimum atomic E-state index is -0.0616. The maximum absolute atomic E-state index is 12.0. The zero-order valence-corrected chi connectivity index (χ0v) is 11.1. The van der Waals surface area contributed by atoms with Crippen molar-refractivity contribution in [2.45, 2.75) is 0 Å². The number of ketones is 1. The van der Waals surface area contributed by atoms with E-state index in [1.807, 2.05) is 12.1 Å². The van der Waals surface area contributed by atoms with Crippen molar-refractivity contribution in [2.24, 2.45) is 0 Å². The van der Waals surface area contributed by atoms with Crippen LogP contribution in [-0.4, -0.2) is 10.8 Å². The summed E-state index contributed by atoms with van der Waals surface area (Å²) in [6, 6.07) is 8.76. The highest BCUT2D eigenvalue weighted by Gasteiger charge is 2.10. The van der Waals surface area contributed by atoms with E-state index in [2.05, 4.69) is 27.6 Å². The molecule has 0 saturated carbocycles. The smallest absolute Gasteiger partial charge is 0.194 e. The average Bonchev–Trinajstić information content (AvgIpc) is 2.28. The molecule has 0 unspecified atom stereocenters. The van der Waals surface area contributed by atoms with Gasteiger partial charge in [-0.05, 0) is 52.9 Å². The number of carbonyl (C=O) groups is 1. The Morgan fingerprint density at radius 2 is 2.06 bits per heavy atom. The van der Waals surface area contributed by atoms with Crippen LogP contribution in [-0.2, 0) is 0 Å². The van der Waals surface area contributed by atoms with E-state index in [4.69, 9.17) is 11.6 Å². The summed E-state index contributed by atoms with van der Waals surface area (Å²) in [5, 5.41) is 0.569. The van der Waals surface area contributed by atoms with Crippen LogP contribution in [0.25, 0.3) is 0 Å². The van der Waals surface area contributed by atoms with Crippen LogP contribution in [0, 0.1) is 3.57 Å². The monoisotopic (exact) mass is 343 g/mol. The van der Waals surface area contributed by atoms with Gasteiger partial charge in [-0.25, -0.2) is 0 Å². The van der Waals surface area contributed by atoms with E-state index in [1.165, 1.54) is 0 Å². The molecule has 16 heavy (non-hydrogen) atoms. The Kier molecular flexibility index (Phi) is 3.56. The van der Waals surface area contributed by atoms with Gasteiger partial charge >= 0.3 is 0 Å². The normalized spacial score (nSPS) is 10.1. The molecule has 1 heterocycles. The third kappa shape index (κ3) is 2.59. The highest BCUT2D eigenvalue weighted by molar-refractivity contribution is 14.1. The molecule has 0 N–H and O–H groups in total. The fourth-order valence-electron chi connectivity index (χ4n) is 1.35. The van der Waals surface area contributed by atoms with E-state index in [1.54, 1.807) is 30.6 Å². The second kappa shape index (κ2) is 4.93. The molecular formula is C12H7ClINO. The van der Waals surface area contributed by atoms with Gasteiger partial charge in [-0.1, -0.05) is 11.6 Å². The first-order valence-electron chi connectivity index (χ1n) is 4.57. The lowest BCUT2D eigenvalue weighted by Gasteiger charge is -2.02. The molecule has 4 heteroatoms. The van der Waals surface area contributed by atoms with Crippen LogP contribution in [0.1, 0.15) is 15.9 Å². The molecule has 0 radical (unpaired) electrons. The molecule has 0 aliphatic carbocycles. The molecule has 0 aliphatic rings. The van der Waals surface area contributed by atoms with Crippen LogP contribution in [0.5, 0.6) is 0 Å². The summed E-state index contributed by atoms with van der Waals surface area (Å²) in [5.74, 6) is -0.0616. The molecule has 0 bridgehead atoms. The number of hydrogen-bond donors (Lipinski definition) is 0. The Morgan fingerprint density at radius 3 is 2.69 bits per heavy atom. The number of pyridine rings is 1. The van der Waals surface area contributed by atoms with E-state index in [0.717, 1.165) is 3.57 Å². The molecule has 0 saturated heterocycles. The molecule has 2 nitrogen and oxygen atoms in total. The van der Waals surface area contributed by atoms with Crippen molar-refractivity contribution in [2.75, 3.05) is 0 Å². The van der Waals surface area contributed by atoms with Crippen molar-refractivity contribution in [3.63, 3.8) is 0 Å². The summed E-state index contributed by atoms with van der Waals surface area (Å²) in [7, 11) is 0. The summed E-state index contributed by atoms with van der Waals surface area (Å²) in [6.45, 7) is 0. The van der Waals surface area contributed by atoms with Crippen LogP contribution < -0.4 is 0 Å². The lowest BCUT2D eigenvalue weighted by molar-refractivity contribution is 0.103. The van der Waals surface area contributed by atoms with Gasteiger partial charge in [-0.3, -0.25) is 9.78 Å². The average molecular weight is 344 g/mol. The molecule has 80 valence electrons. The maximum Gasteiger partial charge on any atom is 0.194 e. The van der Waals surface area contributed by atoms with Crippen molar-refractivity contribution in [1.29, 1.82) is 0 Å². The van der Waals surface area contributed by atoms with Gasteiger partial charge in [0.15, 0.2) is 5.78 Å². The van der Waals surface area contributed by atoms with Crippen molar-refractivity contribution < 1.29 is 4.79 Å². The topological polar surface area (TPSA) is 30.0 Å². The van der Waals surface area contributed by atoms with Crippen LogP contribution in [0.15, 0.2) is 42.7 Å². The van der Waals surface area contributed by atoms with Gasteiger partial charge in [0.1, 0.15) is 0 Å². The first kappa shape index (κ1) is 11.5. The summed E-state index contributed by atoms with van der Waals surface area (Å²) < 4.78 is 0.942. The molecule has 1 aromatic carbocycles. The predicted octanol–water partition coefficient (Wildman–Crippen LogP) is 3.57. The van der Waals surface area contributed by atoms with E-state index in [0.29, 0.717) is 16.1 Å². The quantitative estimate of drug-likeness (QED) is 0.616. The number of benzene rings is 1. The van der Waals surface area contributed by atoms with Crippen molar-refractivity contribution in [3.8, 4) is 0 Å². The second-order valence-electron chi connectivity index (χ2n) is 3.23. The number of nitrogens with zero attached hydrogens (tertiary/aromatic N) is 1. The van der Waals surface area contributed by atoms with Crippen LogP contribution in [0.4, 0.5) is 0 Å². The zero-order chi connectivity index (χ0) is 11.5. The first-order chi connectivity index (χ1) is 7.66. The fourth-order valence-corrected chi connectivity index (χ4v) is 2.44. The summed E-state index contributed by atoms with van der Waals surface area (Å²) in [6.07, 6.45) is 3.19. The van der Waals surface area contributed by atoms with Gasteiger partial charge in [0.2, 0.25) is 0 Å². The third-order valence-corrected chi connectivity index (χ3v) is 2.89. The summed E-state index contributed by atoms with van der Waals surface area (Å²) in [5.41, 5.74) is 1.16. The molecule has 0 atom stereocenters. The molecule has 0 spiro atoms. The highest BCUT2D eigenvalue weighted by Crippen LogP contribution is 2.19. The molecule has 0 amide bonds. The number of halogens is 2. The number of carbonyl (C=O) groups excluding carboxylic acids is 1. The van der Waals surface area contributed by atoms with Gasteiger partial charge in [0.25, 0.3) is 0 Å². The minimum absolute atomic E-state index is 0.0616. The summed E-state index contributed by atoms with van der Waals surface area (Å²) >= 11 is 8.04. The lowest BCUT2D eigenvalue weighted by atomic mass is 10.1. The Labute approximate surface area is 112 Å². The van der Waals surface area contributed by atoms with Gasteiger partial charge in [-0.2, -0.15) is 0 Å². The van der Waals surface area contributed by atoms with E-state index in [9.17, 15) is 4.79 Å². The van der Waals surface area contributed by atoms with Gasteiger partial charge in [0.05, 0.1) is 0 Å². The standard InChI is InChI=1S/C12H7ClINO/c13-10-4-9(5-11(14)6-10)12(16)8-2-1-3-15-7-8/h1-7H. The second-order valence-corrected chi connectivity index (χ2v) is 4.91.